The Morgan fingerprint density at radius 3 is 2.86 bits per heavy atom. The molecular weight excluding hydrogens is 364 g/mol. The van der Waals surface area contributed by atoms with Gasteiger partial charge in [0, 0.05) is 18.4 Å². The third-order valence-electron chi connectivity index (χ3n) is 5.89. The molecule has 0 aromatic heterocycles. The number of hydrogen-bond acceptors (Lipinski definition) is 6. The first-order chi connectivity index (χ1) is 13.3. The van der Waals surface area contributed by atoms with Crippen molar-refractivity contribution in [2.45, 2.75) is 50.3 Å². The van der Waals surface area contributed by atoms with Crippen molar-refractivity contribution in [1.82, 2.24) is 0 Å². The van der Waals surface area contributed by atoms with E-state index in [9.17, 15) is 14.7 Å². The quantitative estimate of drug-likeness (QED) is 0.321. The molecule has 3 fully saturated rings. The molecule has 28 heavy (non-hydrogen) atoms. The van der Waals surface area contributed by atoms with Crippen molar-refractivity contribution in [1.29, 1.82) is 0 Å². The molecule has 2 aliphatic heterocycles. The van der Waals surface area contributed by atoms with Gasteiger partial charge in [-0.15, -0.1) is 0 Å². The number of carboxylic acids is 1. The largest absolute Gasteiger partial charge is 0.497 e. The lowest BCUT2D eigenvalue weighted by Crippen LogP contribution is -2.42. The van der Waals surface area contributed by atoms with Crippen LogP contribution in [-0.4, -0.2) is 53.2 Å². The summed E-state index contributed by atoms with van der Waals surface area (Å²) in [6.45, 7) is 1.90. The first-order valence-corrected chi connectivity index (χ1v) is 9.48. The highest BCUT2D eigenvalue weighted by molar-refractivity contribution is 5.98. The van der Waals surface area contributed by atoms with Crippen molar-refractivity contribution in [3.05, 3.63) is 47.3 Å². The molecule has 4 rings (SSSR count). The Labute approximate surface area is 163 Å². The molecule has 0 bridgehead atoms. The number of carbonyl (C=O) groups excluding carboxylic acids is 1. The summed E-state index contributed by atoms with van der Waals surface area (Å²) in [5, 5.41) is 19.9. The Morgan fingerprint density at radius 1 is 1.36 bits per heavy atom. The first-order valence-electron chi connectivity index (χ1n) is 9.48. The van der Waals surface area contributed by atoms with Gasteiger partial charge in [0.15, 0.2) is 11.6 Å². The molecule has 1 saturated carbocycles. The van der Waals surface area contributed by atoms with Crippen molar-refractivity contribution in [2.75, 3.05) is 7.11 Å². The second kappa shape index (κ2) is 6.99. The number of aliphatic carboxylic acids is 1. The summed E-state index contributed by atoms with van der Waals surface area (Å²) in [4.78, 5) is 22.9. The van der Waals surface area contributed by atoms with Crippen LogP contribution < -0.4 is 0 Å². The van der Waals surface area contributed by atoms with Crippen LogP contribution in [0, 0.1) is 11.8 Å². The number of aliphatic hydroxyl groups is 1. The number of hydrogen-bond donors (Lipinski definition) is 2. The van der Waals surface area contributed by atoms with E-state index in [1.165, 1.54) is 13.2 Å². The molecule has 0 unspecified atom stereocenters. The molecule has 150 valence electrons. The number of ether oxygens (including phenoxy) is 3. The highest BCUT2D eigenvalue weighted by Crippen LogP contribution is 2.55. The van der Waals surface area contributed by atoms with Crippen molar-refractivity contribution in [3.63, 3.8) is 0 Å². The maximum absolute atomic E-state index is 12.2. The zero-order chi connectivity index (χ0) is 20.1. The molecule has 2 heterocycles. The Balaban J connectivity index is 1.61. The number of epoxide rings is 1. The number of carboxylic acid groups (broad SMARTS) is 1. The monoisotopic (exact) mass is 388 g/mol. The van der Waals surface area contributed by atoms with Crippen molar-refractivity contribution < 1.29 is 34.0 Å². The van der Waals surface area contributed by atoms with Gasteiger partial charge in [-0.1, -0.05) is 11.6 Å². The zero-order valence-corrected chi connectivity index (χ0v) is 15.8. The number of fused-ring (bicyclic) bond motifs is 5. The van der Waals surface area contributed by atoms with Gasteiger partial charge in [-0.25, -0.2) is 4.79 Å². The lowest BCUT2D eigenvalue weighted by molar-refractivity contribution is -0.232. The molecule has 0 aromatic rings. The standard InChI is InChI=1S/C21H24O7/c1-11(9-13(26-2)5-6-16(23)24)8-12-4-3-7-21(25)17(12)14-10-15(22)19-20(27-19)18(14)28-21/h5-6,8-10,12,17-20,25H,3-4,7H2,1-2H3,(H,23,24)/b6-5+,11-8+,13-9-/t12-,17+,18+,19-,20+,21-/m1/s1. The topological polar surface area (TPSA) is 106 Å². The van der Waals surface area contributed by atoms with E-state index in [0.29, 0.717) is 12.2 Å². The summed E-state index contributed by atoms with van der Waals surface area (Å²) in [6.07, 6.45) is 8.97. The summed E-state index contributed by atoms with van der Waals surface area (Å²) >= 11 is 0. The fourth-order valence-electron chi connectivity index (χ4n) is 4.73. The molecule has 0 spiro atoms. The van der Waals surface area contributed by atoms with Gasteiger partial charge in [0.1, 0.15) is 24.1 Å². The molecular formula is C21H24O7. The van der Waals surface area contributed by atoms with Crippen LogP contribution in [0.4, 0.5) is 0 Å². The highest BCUT2D eigenvalue weighted by Gasteiger charge is 2.64. The van der Waals surface area contributed by atoms with Crippen LogP contribution in [0.3, 0.4) is 0 Å². The molecule has 2 aliphatic carbocycles. The van der Waals surface area contributed by atoms with Gasteiger partial charge in [-0.2, -0.15) is 0 Å². The fourth-order valence-corrected chi connectivity index (χ4v) is 4.73. The van der Waals surface area contributed by atoms with E-state index in [2.05, 4.69) is 0 Å². The minimum Gasteiger partial charge on any atom is -0.497 e. The Morgan fingerprint density at radius 2 is 2.14 bits per heavy atom. The summed E-state index contributed by atoms with van der Waals surface area (Å²) in [7, 11) is 1.48. The summed E-state index contributed by atoms with van der Waals surface area (Å²) in [5.41, 5.74) is 1.72. The second-order valence-corrected chi connectivity index (χ2v) is 7.82. The SMILES string of the molecule is COC(=C\C(C)=C\[C@H]1CCC[C@@]2(O)O[C@H]3C(=CC(=O)[C@H]4O[C@H]43)[C@H]12)/C=C/C(=O)O. The highest BCUT2D eigenvalue weighted by atomic mass is 16.7. The average molecular weight is 388 g/mol. The predicted octanol–water partition coefficient (Wildman–Crippen LogP) is 1.88. The summed E-state index contributed by atoms with van der Waals surface area (Å²) in [5.74, 6) is -2.25. The lowest BCUT2D eigenvalue weighted by atomic mass is 9.70. The number of ketones is 1. The van der Waals surface area contributed by atoms with E-state index in [1.807, 2.05) is 13.0 Å². The molecule has 7 nitrogen and oxygen atoms in total. The first kappa shape index (κ1) is 19.1. The molecule has 2 saturated heterocycles. The maximum Gasteiger partial charge on any atom is 0.328 e. The minimum atomic E-state index is -1.28. The van der Waals surface area contributed by atoms with Gasteiger partial charge in [0.25, 0.3) is 0 Å². The van der Waals surface area contributed by atoms with E-state index >= 15 is 0 Å². The maximum atomic E-state index is 12.2. The normalized spacial score (nSPS) is 39.9. The Hall–Kier alpha value is -2.22. The van der Waals surface area contributed by atoms with Crippen LogP contribution >= 0.6 is 0 Å². The summed E-state index contributed by atoms with van der Waals surface area (Å²) < 4.78 is 16.7. The van der Waals surface area contributed by atoms with Crippen molar-refractivity contribution in [2.24, 2.45) is 11.8 Å². The van der Waals surface area contributed by atoms with Gasteiger partial charge >= 0.3 is 5.97 Å². The molecule has 4 aliphatic rings. The number of carbonyl (C=O) groups is 2. The fraction of sp³-hybridized carbons (Fsp3) is 0.524. The van der Waals surface area contributed by atoms with E-state index in [4.69, 9.17) is 19.3 Å². The van der Waals surface area contributed by atoms with Crippen LogP contribution in [0.5, 0.6) is 0 Å². The van der Waals surface area contributed by atoms with E-state index in [-0.39, 0.29) is 29.8 Å². The zero-order valence-electron chi connectivity index (χ0n) is 15.8. The van der Waals surface area contributed by atoms with Gasteiger partial charge in [0.05, 0.1) is 7.11 Å². The van der Waals surface area contributed by atoms with Gasteiger partial charge < -0.3 is 24.4 Å². The molecule has 7 heteroatoms. The average Bonchev–Trinajstić information content (AvgIpc) is 3.37. The molecule has 0 aromatic carbocycles. The van der Waals surface area contributed by atoms with E-state index in [0.717, 1.165) is 30.1 Å². The number of rotatable bonds is 5. The molecule has 0 radical (unpaired) electrons. The lowest BCUT2D eigenvalue weighted by Gasteiger charge is -2.38. The van der Waals surface area contributed by atoms with Gasteiger partial charge in [-0.3, -0.25) is 4.79 Å². The van der Waals surface area contributed by atoms with Crippen molar-refractivity contribution >= 4 is 11.8 Å². The van der Waals surface area contributed by atoms with Gasteiger partial charge in [0.2, 0.25) is 0 Å². The van der Waals surface area contributed by atoms with Crippen LogP contribution in [0.2, 0.25) is 0 Å². The van der Waals surface area contributed by atoms with Crippen LogP contribution in [0.1, 0.15) is 26.2 Å². The molecule has 0 amide bonds. The Kier molecular flexibility index (Phi) is 4.77. The van der Waals surface area contributed by atoms with Gasteiger partial charge in [-0.05, 0) is 49.5 Å². The third-order valence-corrected chi connectivity index (χ3v) is 5.89. The smallest absolute Gasteiger partial charge is 0.328 e. The second-order valence-electron chi connectivity index (χ2n) is 7.82. The molecule has 6 atom stereocenters. The van der Waals surface area contributed by atoms with Crippen LogP contribution in [0.25, 0.3) is 0 Å². The summed E-state index contributed by atoms with van der Waals surface area (Å²) in [6, 6.07) is 0. The predicted molar refractivity (Wildman–Crippen MR) is 98.0 cm³/mol. The minimum absolute atomic E-state index is 0.00379. The van der Waals surface area contributed by atoms with E-state index in [1.54, 1.807) is 12.2 Å². The van der Waals surface area contributed by atoms with E-state index < -0.39 is 17.9 Å². The van der Waals surface area contributed by atoms with Crippen LogP contribution in [0.15, 0.2) is 47.3 Å². The van der Waals surface area contributed by atoms with Crippen molar-refractivity contribution in [3.8, 4) is 0 Å². The number of allylic oxidation sites excluding steroid dienone is 4. The van der Waals surface area contributed by atoms with Crippen LogP contribution in [-0.2, 0) is 23.8 Å². The third kappa shape index (κ3) is 3.34. The Bertz CT molecular complexity index is 821. The molecule has 2 N–H and O–H groups in total. The number of methoxy groups -OCH3 is 1.